The summed E-state index contributed by atoms with van der Waals surface area (Å²) in [6.07, 6.45) is 0. The standard InChI is InChI=1S/C18H22ClN3O/c1-4-22(5-2)14-7-9-17(12(3)10-14)21-18(23)15-8-6-13(20)11-16(15)19/h6-11H,4-5,20H2,1-3H3,(H,21,23). The molecule has 2 rings (SSSR count). The van der Waals surface area contributed by atoms with E-state index in [4.69, 9.17) is 17.3 Å². The van der Waals surface area contributed by atoms with Crippen LogP contribution in [0.2, 0.25) is 5.02 Å². The van der Waals surface area contributed by atoms with Crippen LogP contribution in [0, 0.1) is 6.92 Å². The van der Waals surface area contributed by atoms with Crippen LogP contribution in [-0.4, -0.2) is 19.0 Å². The molecule has 5 heteroatoms. The van der Waals surface area contributed by atoms with Gasteiger partial charge in [-0.1, -0.05) is 11.6 Å². The van der Waals surface area contributed by atoms with Gasteiger partial charge in [0.1, 0.15) is 0 Å². The molecule has 0 radical (unpaired) electrons. The molecule has 2 aromatic rings. The Morgan fingerprint density at radius 3 is 2.43 bits per heavy atom. The minimum Gasteiger partial charge on any atom is -0.399 e. The molecule has 1 amide bonds. The van der Waals surface area contributed by atoms with Crippen molar-refractivity contribution in [1.29, 1.82) is 0 Å². The number of aryl methyl sites for hydroxylation is 1. The Morgan fingerprint density at radius 1 is 1.17 bits per heavy atom. The number of anilines is 3. The van der Waals surface area contributed by atoms with E-state index in [1.807, 2.05) is 19.1 Å². The van der Waals surface area contributed by atoms with E-state index in [0.29, 0.717) is 16.3 Å². The average molecular weight is 332 g/mol. The highest BCUT2D eigenvalue weighted by Crippen LogP contribution is 2.25. The molecule has 23 heavy (non-hydrogen) atoms. The summed E-state index contributed by atoms with van der Waals surface area (Å²) in [5, 5.41) is 3.25. The molecule has 0 spiro atoms. The van der Waals surface area contributed by atoms with Crippen LogP contribution in [0.5, 0.6) is 0 Å². The molecule has 0 aromatic heterocycles. The fraction of sp³-hybridized carbons (Fsp3) is 0.278. The predicted octanol–water partition coefficient (Wildman–Crippen LogP) is 4.33. The minimum absolute atomic E-state index is 0.242. The predicted molar refractivity (Wildman–Crippen MR) is 98.6 cm³/mol. The van der Waals surface area contributed by atoms with Crippen molar-refractivity contribution in [1.82, 2.24) is 0 Å². The van der Waals surface area contributed by atoms with Gasteiger partial charge >= 0.3 is 0 Å². The highest BCUT2D eigenvalue weighted by atomic mass is 35.5. The largest absolute Gasteiger partial charge is 0.399 e. The summed E-state index contributed by atoms with van der Waals surface area (Å²) in [6, 6.07) is 10.9. The van der Waals surface area contributed by atoms with E-state index in [9.17, 15) is 4.79 Å². The third-order valence-electron chi connectivity index (χ3n) is 3.82. The number of amides is 1. The van der Waals surface area contributed by atoms with Gasteiger partial charge in [0.25, 0.3) is 5.91 Å². The molecular weight excluding hydrogens is 310 g/mol. The second-order valence-corrected chi connectivity index (χ2v) is 5.77. The van der Waals surface area contributed by atoms with E-state index in [2.05, 4.69) is 30.1 Å². The first kappa shape index (κ1) is 17.2. The van der Waals surface area contributed by atoms with Crippen molar-refractivity contribution < 1.29 is 4.79 Å². The number of nitrogens with zero attached hydrogens (tertiary/aromatic N) is 1. The lowest BCUT2D eigenvalue weighted by molar-refractivity contribution is 0.102. The van der Waals surface area contributed by atoms with E-state index in [1.54, 1.807) is 18.2 Å². The molecule has 4 nitrogen and oxygen atoms in total. The van der Waals surface area contributed by atoms with Crippen LogP contribution in [0.3, 0.4) is 0 Å². The first-order valence-corrected chi connectivity index (χ1v) is 8.06. The zero-order valence-corrected chi connectivity index (χ0v) is 14.4. The molecule has 2 aromatic carbocycles. The fourth-order valence-corrected chi connectivity index (χ4v) is 2.75. The van der Waals surface area contributed by atoms with Crippen LogP contribution < -0.4 is 16.0 Å². The van der Waals surface area contributed by atoms with E-state index in [-0.39, 0.29) is 5.91 Å². The molecule has 0 atom stereocenters. The Labute approximate surface area is 142 Å². The lowest BCUT2D eigenvalue weighted by atomic mass is 10.1. The summed E-state index contributed by atoms with van der Waals surface area (Å²) in [7, 11) is 0. The van der Waals surface area contributed by atoms with Gasteiger partial charge in [0.2, 0.25) is 0 Å². The van der Waals surface area contributed by atoms with Crippen LogP contribution in [0.25, 0.3) is 0 Å². The number of nitrogen functional groups attached to an aromatic ring is 1. The Kier molecular flexibility index (Phi) is 5.50. The van der Waals surface area contributed by atoms with Crippen molar-refractivity contribution in [3.05, 3.63) is 52.5 Å². The number of nitrogens with two attached hydrogens (primary N) is 1. The van der Waals surface area contributed by atoms with Gasteiger partial charge in [-0.2, -0.15) is 0 Å². The van der Waals surface area contributed by atoms with Crippen molar-refractivity contribution >= 4 is 34.6 Å². The highest BCUT2D eigenvalue weighted by Gasteiger charge is 2.12. The molecule has 0 saturated heterocycles. The molecule has 0 bridgehead atoms. The second-order valence-electron chi connectivity index (χ2n) is 5.36. The Hall–Kier alpha value is -2.20. The van der Waals surface area contributed by atoms with Gasteiger partial charge in [-0.3, -0.25) is 4.79 Å². The van der Waals surface area contributed by atoms with Gasteiger partial charge in [0, 0.05) is 30.2 Å². The number of benzene rings is 2. The summed E-state index contributed by atoms with van der Waals surface area (Å²) < 4.78 is 0. The van der Waals surface area contributed by atoms with Crippen molar-refractivity contribution in [2.75, 3.05) is 29.0 Å². The minimum atomic E-state index is -0.242. The molecule has 0 fully saturated rings. The summed E-state index contributed by atoms with van der Waals surface area (Å²) in [4.78, 5) is 14.6. The smallest absolute Gasteiger partial charge is 0.257 e. The van der Waals surface area contributed by atoms with E-state index in [1.165, 1.54) is 0 Å². The van der Waals surface area contributed by atoms with Gasteiger partial charge in [0.15, 0.2) is 0 Å². The van der Waals surface area contributed by atoms with Gasteiger partial charge in [-0.05, 0) is 62.7 Å². The first-order chi connectivity index (χ1) is 11.0. The molecule has 0 aliphatic carbocycles. The van der Waals surface area contributed by atoms with Crippen molar-refractivity contribution in [2.24, 2.45) is 0 Å². The van der Waals surface area contributed by atoms with Crippen LogP contribution in [0.15, 0.2) is 36.4 Å². The number of halogens is 1. The van der Waals surface area contributed by atoms with Crippen LogP contribution >= 0.6 is 11.6 Å². The third kappa shape index (κ3) is 3.96. The van der Waals surface area contributed by atoms with E-state index < -0.39 is 0 Å². The third-order valence-corrected chi connectivity index (χ3v) is 4.14. The highest BCUT2D eigenvalue weighted by molar-refractivity contribution is 6.34. The summed E-state index contributed by atoms with van der Waals surface area (Å²) in [5.74, 6) is -0.242. The van der Waals surface area contributed by atoms with Gasteiger partial charge in [-0.15, -0.1) is 0 Å². The number of hydrogen-bond acceptors (Lipinski definition) is 3. The number of rotatable bonds is 5. The van der Waals surface area contributed by atoms with Crippen LogP contribution in [-0.2, 0) is 0 Å². The maximum absolute atomic E-state index is 12.4. The Bertz CT molecular complexity index is 711. The van der Waals surface area contributed by atoms with E-state index in [0.717, 1.165) is 30.0 Å². The monoisotopic (exact) mass is 331 g/mol. The molecule has 0 aliphatic rings. The van der Waals surface area contributed by atoms with E-state index >= 15 is 0 Å². The van der Waals surface area contributed by atoms with Gasteiger partial charge < -0.3 is 16.0 Å². The lowest BCUT2D eigenvalue weighted by Crippen LogP contribution is -2.22. The van der Waals surface area contributed by atoms with Crippen LogP contribution in [0.1, 0.15) is 29.8 Å². The molecule has 0 heterocycles. The Balaban J connectivity index is 2.21. The summed E-state index contributed by atoms with van der Waals surface area (Å²) in [5.41, 5.74) is 9.53. The van der Waals surface area contributed by atoms with Crippen molar-refractivity contribution in [3.63, 3.8) is 0 Å². The maximum atomic E-state index is 12.4. The molecule has 122 valence electrons. The first-order valence-electron chi connectivity index (χ1n) is 7.68. The molecule has 3 N–H and O–H groups in total. The zero-order chi connectivity index (χ0) is 17.0. The summed E-state index contributed by atoms with van der Waals surface area (Å²) in [6.45, 7) is 8.12. The zero-order valence-electron chi connectivity index (χ0n) is 13.7. The number of carbonyl (C=O) groups is 1. The summed E-state index contributed by atoms with van der Waals surface area (Å²) >= 11 is 6.09. The number of hydrogen-bond donors (Lipinski definition) is 2. The van der Waals surface area contributed by atoms with Gasteiger partial charge in [-0.25, -0.2) is 0 Å². The number of carbonyl (C=O) groups excluding carboxylic acids is 1. The number of nitrogens with one attached hydrogen (secondary N) is 1. The fourth-order valence-electron chi connectivity index (χ4n) is 2.48. The van der Waals surface area contributed by atoms with Crippen molar-refractivity contribution in [3.8, 4) is 0 Å². The second kappa shape index (κ2) is 7.38. The Morgan fingerprint density at radius 2 is 1.87 bits per heavy atom. The molecule has 0 saturated carbocycles. The maximum Gasteiger partial charge on any atom is 0.257 e. The lowest BCUT2D eigenvalue weighted by Gasteiger charge is -2.22. The SMILES string of the molecule is CCN(CC)c1ccc(NC(=O)c2ccc(N)cc2Cl)c(C)c1. The van der Waals surface area contributed by atoms with Crippen LogP contribution in [0.4, 0.5) is 17.1 Å². The van der Waals surface area contributed by atoms with Crippen molar-refractivity contribution in [2.45, 2.75) is 20.8 Å². The topological polar surface area (TPSA) is 58.4 Å². The normalized spacial score (nSPS) is 10.4. The molecule has 0 unspecified atom stereocenters. The van der Waals surface area contributed by atoms with Gasteiger partial charge in [0.05, 0.1) is 10.6 Å². The molecule has 0 aliphatic heterocycles. The molecular formula is C18H22ClN3O. The quantitative estimate of drug-likeness (QED) is 0.802. The average Bonchev–Trinajstić information content (AvgIpc) is 2.51.